The van der Waals surface area contributed by atoms with Crippen LogP contribution >= 0.6 is 0 Å². The van der Waals surface area contributed by atoms with Crippen molar-refractivity contribution in [3.8, 4) is 0 Å². The largest absolute Gasteiger partial charge is 0.481 e. The summed E-state index contributed by atoms with van der Waals surface area (Å²) in [7, 11) is 0. The number of rotatable bonds is 6. The van der Waals surface area contributed by atoms with Crippen molar-refractivity contribution in [1.82, 2.24) is 9.80 Å². The van der Waals surface area contributed by atoms with Crippen molar-refractivity contribution in [2.75, 3.05) is 32.7 Å². The van der Waals surface area contributed by atoms with Gasteiger partial charge in [-0.05, 0) is 18.8 Å². The van der Waals surface area contributed by atoms with Crippen LogP contribution in [0.2, 0.25) is 0 Å². The molecule has 1 aliphatic carbocycles. The summed E-state index contributed by atoms with van der Waals surface area (Å²) in [5, 5.41) is 8.64. The summed E-state index contributed by atoms with van der Waals surface area (Å²) in [6.45, 7) is 3.47. The van der Waals surface area contributed by atoms with Crippen molar-refractivity contribution in [3.63, 3.8) is 0 Å². The van der Waals surface area contributed by atoms with E-state index in [0.717, 1.165) is 25.9 Å². The molecule has 2 rings (SSSR count). The highest BCUT2D eigenvalue weighted by atomic mass is 16.4. The molecule has 0 bridgehead atoms. The summed E-state index contributed by atoms with van der Waals surface area (Å²) in [6.07, 6.45) is 2.95. The van der Waals surface area contributed by atoms with E-state index in [1.165, 1.54) is 0 Å². The summed E-state index contributed by atoms with van der Waals surface area (Å²) in [4.78, 5) is 26.5. The second-order valence-corrected chi connectivity index (χ2v) is 5.57. The minimum absolute atomic E-state index is 0.0255. The third kappa shape index (κ3) is 4.47. The number of carboxylic acid groups (broad SMARTS) is 1. The Balaban J connectivity index is 1.67. The van der Waals surface area contributed by atoms with Gasteiger partial charge in [0.15, 0.2) is 0 Å². The van der Waals surface area contributed by atoms with Crippen LogP contribution in [0.4, 0.5) is 0 Å². The smallest absolute Gasteiger partial charge is 0.304 e. The molecule has 108 valence electrons. The van der Waals surface area contributed by atoms with E-state index in [2.05, 4.69) is 4.90 Å². The fourth-order valence-electron chi connectivity index (χ4n) is 2.50. The average molecular weight is 269 g/mol. The van der Waals surface area contributed by atoms with Crippen LogP contribution in [0.25, 0.3) is 0 Å². The Hall–Kier alpha value is -1.14. The van der Waals surface area contributed by atoms with E-state index in [-0.39, 0.29) is 18.4 Å². The minimum Gasteiger partial charge on any atom is -0.481 e. The van der Waals surface area contributed by atoms with Crippen LogP contribution in [-0.4, -0.2) is 65.5 Å². The molecule has 2 aliphatic rings. The van der Waals surface area contributed by atoms with Crippen LogP contribution < -0.4 is 5.73 Å². The first-order valence-electron chi connectivity index (χ1n) is 7.04. The van der Waals surface area contributed by atoms with Gasteiger partial charge in [0.2, 0.25) is 5.91 Å². The van der Waals surface area contributed by atoms with Gasteiger partial charge in [-0.2, -0.15) is 0 Å². The van der Waals surface area contributed by atoms with Crippen molar-refractivity contribution in [2.24, 2.45) is 11.7 Å². The minimum atomic E-state index is -0.770. The zero-order chi connectivity index (χ0) is 13.8. The Labute approximate surface area is 113 Å². The number of piperazine rings is 1. The third-order valence-corrected chi connectivity index (χ3v) is 4.00. The fraction of sp³-hybridized carbons (Fsp3) is 0.846. The molecule has 19 heavy (non-hydrogen) atoms. The van der Waals surface area contributed by atoms with Crippen molar-refractivity contribution < 1.29 is 14.7 Å². The highest BCUT2D eigenvalue weighted by molar-refractivity contribution is 5.77. The molecule has 0 spiro atoms. The first-order valence-corrected chi connectivity index (χ1v) is 7.04. The van der Waals surface area contributed by atoms with Gasteiger partial charge in [-0.1, -0.05) is 0 Å². The normalized spacial score (nSPS) is 22.3. The first kappa shape index (κ1) is 14.3. The van der Waals surface area contributed by atoms with Crippen LogP contribution in [0.5, 0.6) is 0 Å². The van der Waals surface area contributed by atoms with E-state index in [9.17, 15) is 9.59 Å². The molecule has 0 aromatic carbocycles. The molecule has 6 heteroatoms. The second kappa shape index (κ2) is 6.34. The lowest BCUT2D eigenvalue weighted by atomic mass is 10.1. The van der Waals surface area contributed by atoms with Gasteiger partial charge in [-0.3, -0.25) is 14.5 Å². The monoisotopic (exact) mass is 269 g/mol. The van der Waals surface area contributed by atoms with Crippen LogP contribution in [0, 0.1) is 5.92 Å². The fourth-order valence-corrected chi connectivity index (χ4v) is 2.50. The summed E-state index contributed by atoms with van der Waals surface area (Å²) in [5.41, 5.74) is 5.97. The molecule has 0 aromatic rings. The number of carbonyl (C=O) groups is 2. The zero-order valence-electron chi connectivity index (χ0n) is 11.3. The van der Waals surface area contributed by atoms with Crippen molar-refractivity contribution in [3.05, 3.63) is 0 Å². The van der Waals surface area contributed by atoms with Gasteiger partial charge in [-0.25, -0.2) is 0 Å². The lowest BCUT2D eigenvalue weighted by molar-refractivity contribution is -0.138. The number of amides is 1. The van der Waals surface area contributed by atoms with Gasteiger partial charge in [-0.15, -0.1) is 0 Å². The number of carboxylic acids is 1. The Morgan fingerprint density at radius 2 is 1.84 bits per heavy atom. The predicted octanol–water partition coefficient (Wildman–Crippen LogP) is -0.267. The van der Waals surface area contributed by atoms with E-state index >= 15 is 0 Å². The number of nitrogens with two attached hydrogens (primary N) is 1. The molecule has 0 aromatic heterocycles. The van der Waals surface area contributed by atoms with Gasteiger partial charge < -0.3 is 15.7 Å². The molecule has 1 heterocycles. The maximum atomic E-state index is 12.0. The SMILES string of the molecule is NC(CC(=O)N1CCN(CCC(=O)O)CC1)C1CC1. The quantitative estimate of drug-likeness (QED) is 0.693. The molecule has 1 unspecified atom stereocenters. The lowest BCUT2D eigenvalue weighted by Crippen LogP contribution is -2.50. The molecular weight excluding hydrogens is 246 g/mol. The van der Waals surface area contributed by atoms with Gasteiger partial charge in [0.05, 0.1) is 6.42 Å². The van der Waals surface area contributed by atoms with E-state index in [1.807, 2.05) is 4.90 Å². The first-order chi connectivity index (χ1) is 9.06. The molecule has 2 fully saturated rings. The van der Waals surface area contributed by atoms with Crippen molar-refractivity contribution >= 4 is 11.9 Å². The molecule has 1 saturated heterocycles. The van der Waals surface area contributed by atoms with Crippen LogP contribution in [0.3, 0.4) is 0 Å². The van der Waals surface area contributed by atoms with Crippen LogP contribution in [-0.2, 0) is 9.59 Å². The topological polar surface area (TPSA) is 86.9 Å². The summed E-state index contributed by atoms with van der Waals surface area (Å²) < 4.78 is 0. The van der Waals surface area contributed by atoms with E-state index in [4.69, 9.17) is 10.8 Å². The summed E-state index contributed by atoms with van der Waals surface area (Å²) >= 11 is 0. The molecule has 1 saturated carbocycles. The Bertz CT molecular complexity index is 336. The van der Waals surface area contributed by atoms with Crippen molar-refractivity contribution in [2.45, 2.75) is 31.7 Å². The number of nitrogens with zero attached hydrogens (tertiary/aromatic N) is 2. The number of hydrogen-bond donors (Lipinski definition) is 2. The second-order valence-electron chi connectivity index (χ2n) is 5.57. The van der Waals surface area contributed by atoms with E-state index in [1.54, 1.807) is 0 Å². The van der Waals surface area contributed by atoms with Crippen molar-refractivity contribution in [1.29, 1.82) is 0 Å². The highest BCUT2D eigenvalue weighted by Crippen LogP contribution is 2.33. The predicted molar refractivity (Wildman–Crippen MR) is 70.6 cm³/mol. The Morgan fingerprint density at radius 1 is 1.21 bits per heavy atom. The zero-order valence-corrected chi connectivity index (χ0v) is 11.3. The molecule has 6 nitrogen and oxygen atoms in total. The van der Waals surface area contributed by atoms with Gasteiger partial charge in [0, 0.05) is 45.2 Å². The van der Waals surface area contributed by atoms with Crippen LogP contribution in [0.1, 0.15) is 25.7 Å². The number of hydrogen-bond acceptors (Lipinski definition) is 4. The maximum absolute atomic E-state index is 12.0. The van der Waals surface area contributed by atoms with E-state index in [0.29, 0.717) is 32.0 Å². The molecule has 3 N–H and O–H groups in total. The molecule has 0 radical (unpaired) electrons. The van der Waals surface area contributed by atoms with Gasteiger partial charge in [0.25, 0.3) is 0 Å². The third-order valence-electron chi connectivity index (χ3n) is 4.00. The van der Waals surface area contributed by atoms with Crippen LogP contribution in [0.15, 0.2) is 0 Å². The molecule has 1 amide bonds. The molecule has 1 aliphatic heterocycles. The average Bonchev–Trinajstić information content (AvgIpc) is 3.21. The van der Waals surface area contributed by atoms with Gasteiger partial charge in [0.1, 0.15) is 0 Å². The Kier molecular flexibility index (Phi) is 4.76. The lowest BCUT2D eigenvalue weighted by Gasteiger charge is -2.35. The molecule has 1 atom stereocenters. The van der Waals surface area contributed by atoms with E-state index < -0.39 is 5.97 Å². The summed E-state index contributed by atoms with van der Waals surface area (Å²) in [5.74, 6) is -0.0630. The maximum Gasteiger partial charge on any atom is 0.304 e. The molecular formula is C13H23N3O3. The highest BCUT2D eigenvalue weighted by Gasteiger charge is 2.31. The Morgan fingerprint density at radius 3 is 2.37 bits per heavy atom. The standard InChI is InChI=1S/C13H23N3O3/c14-11(10-1-2-10)9-12(17)16-7-5-15(6-8-16)4-3-13(18)19/h10-11H,1-9,14H2,(H,18,19). The number of carbonyl (C=O) groups excluding carboxylic acids is 1. The van der Waals surface area contributed by atoms with Gasteiger partial charge >= 0.3 is 5.97 Å². The summed E-state index contributed by atoms with van der Waals surface area (Å²) in [6, 6.07) is 0.0255. The number of aliphatic carboxylic acids is 1.